The predicted molar refractivity (Wildman–Crippen MR) is 82.0 cm³/mol. The highest BCUT2D eigenvalue weighted by Crippen LogP contribution is 2.16. The number of carbonyl (C=O) groups is 1. The van der Waals surface area contributed by atoms with Crippen molar-refractivity contribution < 1.29 is 9.53 Å². The fraction of sp³-hybridized carbons (Fsp3) is 0.588. The van der Waals surface area contributed by atoms with Gasteiger partial charge in [0.2, 0.25) is 0 Å². The monoisotopic (exact) mass is 264 g/mol. The Balaban J connectivity index is 4.45. The molecule has 0 fully saturated rings. The molecule has 2 heteroatoms. The summed E-state index contributed by atoms with van der Waals surface area (Å²) < 4.78 is 4.91. The molecule has 0 aliphatic rings. The molecule has 0 heterocycles. The van der Waals surface area contributed by atoms with Gasteiger partial charge in [-0.1, -0.05) is 30.2 Å². The van der Waals surface area contributed by atoms with Crippen LogP contribution in [0.25, 0.3) is 0 Å². The molecule has 0 saturated carbocycles. The van der Waals surface area contributed by atoms with Gasteiger partial charge in [0, 0.05) is 6.08 Å². The van der Waals surface area contributed by atoms with Crippen LogP contribution in [0.15, 0.2) is 34.9 Å². The lowest BCUT2D eigenvalue weighted by atomic mass is 9.99. The van der Waals surface area contributed by atoms with Crippen molar-refractivity contribution in [1.29, 1.82) is 0 Å². The average Bonchev–Trinajstić information content (AvgIpc) is 2.28. The Bertz CT molecular complexity index is 369. The van der Waals surface area contributed by atoms with Gasteiger partial charge in [-0.05, 0) is 59.0 Å². The molecular formula is C17H28O2. The van der Waals surface area contributed by atoms with Gasteiger partial charge in [0.25, 0.3) is 0 Å². The number of rotatable bonds is 7. The van der Waals surface area contributed by atoms with Crippen LogP contribution in [-0.4, -0.2) is 12.6 Å². The first-order chi connectivity index (χ1) is 8.86. The normalized spacial score (nSPS) is 14.0. The van der Waals surface area contributed by atoms with E-state index in [0.29, 0.717) is 12.5 Å². The molecule has 1 atom stereocenters. The summed E-state index contributed by atoms with van der Waals surface area (Å²) in [7, 11) is 0. The topological polar surface area (TPSA) is 26.3 Å². The third-order valence-corrected chi connectivity index (χ3v) is 2.95. The minimum Gasteiger partial charge on any atom is -0.463 e. The smallest absolute Gasteiger partial charge is 0.331 e. The van der Waals surface area contributed by atoms with Crippen molar-refractivity contribution in [2.24, 2.45) is 5.92 Å². The van der Waals surface area contributed by atoms with E-state index in [1.807, 2.05) is 20.8 Å². The molecule has 0 aromatic rings. The SMILES string of the molecule is CCOC(=O)C=C(C)C(C)=CC(C)CCC=C(C)C. The van der Waals surface area contributed by atoms with Crippen molar-refractivity contribution in [3.05, 3.63) is 34.9 Å². The summed E-state index contributed by atoms with van der Waals surface area (Å²) in [5, 5.41) is 0. The molecule has 19 heavy (non-hydrogen) atoms. The highest BCUT2D eigenvalue weighted by atomic mass is 16.5. The number of esters is 1. The Hall–Kier alpha value is -1.31. The molecule has 1 unspecified atom stereocenters. The zero-order valence-electron chi connectivity index (χ0n) is 13.2. The van der Waals surface area contributed by atoms with Crippen LogP contribution in [0.1, 0.15) is 54.4 Å². The molecule has 0 N–H and O–H groups in total. The minimum atomic E-state index is -0.259. The van der Waals surface area contributed by atoms with E-state index in [2.05, 4.69) is 32.9 Å². The third kappa shape index (κ3) is 9.29. The van der Waals surface area contributed by atoms with Gasteiger partial charge < -0.3 is 4.74 Å². The summed E-state index contributed by atoms with van der Waals surface area (Å²) in [5.74, 6) is 0.256. The second-order valence-corrected chi connectivity index (χ2v) is 5.27. The molecular weight excluding hydrogens is 236 g/mol. The zero-order valence-corrected chi connectivity index (χ0v) is 13.2. The summed E-state index contributed by atoms with van der Waals surface area (Å²) in [5.41, 5.74) is 3.50. The predicted octanol–water partition coefficient (Wildman–Crippen LogP) is 4.82. The lowest BCUT2D eigenvalue weighted by molar-refractivity contribution is -0.137. The Morgan fingerprint density at radius 1 is 1.16 bits per heavy atom. The molecule has 0 radical (unpaired) electrons. The van der Waals surface area contributed by atoms with Gasteiger partial charge in [-0.2, -0.15) is 0 Å². The molecule has 2 nitrogen and oxygen atoms in total. The van der Waals surface area contributed by atoms with Crippen LogP contribution < -0.4 is 0 Å². The van der Waals surface area contributed by atoms with Crippen molar-refractivity contribution in [2.45, 2.75) is 54.4 Å². The number of allylic oxidation sites excluding steroid dienone is 5. The lowest BCUT2D eigenvalue weighted by Crippen LogP contribution is -2.01. The minimum absolute atomic E-state index is 0.259. The standard InChI is InChI=1S/C17H28O2/c1-7-19-17(18)12-16(6)15(5)11-14(4)10-8-9-13(2)3/h9,11-12,14H,7-8,10H2,1-6H3. The van der Waals surface area contributed by atoms with Crippen molar-refractivity contribution in [1.82, 2.24) is 0 Å². The molecule has 0 saturated heterocycles. The first-order valence-electron chi connectivity index (χ1n) is 7.04. The summed E-state index contributed by atoms with van der Waals surface area (Å²) in [6.07, 6.45) is 8.30. The average molecular weight is 264 g/mol. The van der Waals surface area contributed by atoms with Crippen LogP contribution in [0.5, 0.6) is 0 Å². The molecule has 0 amide bonds. The van der Waals surface area contributed by atoms with Crippen molar-refractivity contribution in [3.63, 3.8) is 0 Å². The highest BCUT2D eigenvalue weighted by molar-refractivity contribution is 5.83. The molecule has 0 bridgehead atoms. The summed E-state index contributed by atoms with van der Waals surface area (Å²) in [6, 6.07) is 0. The van der Waals surface area contributed by atoms with E-state index in [4.69, 9.17) is 4.74 Å². The van der Waals surface area contributed by atoms with E-state index >= 15 is 0 Å². The maximum absolute atomic E-state index is 11.4. The fourth-order valence-corrected chi connectivity index (χ4v) is 1.75. The Kier molecular flexibility index (Phi) is 8.94. The first-order valence-corrected chi connectivity index (χ1v) is 7.04. The van der Waals surface area contributed by atoms with Crippen molar-refractivity contribution in [3.8, 4) is 0 Å². The van der Waals surface area contributed by atoms with Gasteiger partial charge in [-0.3, -0.25) is 0 Å². The number of carbonyl (C=O) groups excluding carboxylic acids is 1. The lowest BCUT2D eigenvalue weighted by Gasteiger charge is -2.08. The molecule has 0 aliphatic heterocycles. The molecule has 0 aliphatic carbocycles. The van der Waals surface area contributed by atoms with Gasteiger partial charge in [0.1, 0.15) is 0 Å². The van der Waals surface area contributed by atoms with Gasteiger partial charge in [0.05, 0.1) is 6.61 Å². The second-order valence-electron chi connectivity index (χ2n) is 5.27. The highest BCUT2D eigenvalue weighted by Gasteiger charge is 2.02. The molecule has 0 rings (SSSR count). The second kappa shape index (κ2) is 9.60. The first kappa shape index (κ1) is 17.7. The van der Waals surface area contributed by atoms with E-state index in [1.54, 1.807) is 6.08 Å². The van der Waals surface area contributed by atoms with Gasteiger partial charge >= 0.3 is 5.97 Å². The van der Waals surface area contributed by atoms with E-state index < -0.39 is 0 Å². The summed E-state index contributed by atoms with van der Waals surface area (Å²) >= 11 is 0. The van der Waals surface area contributed by atoms with Crippen LogP contribution in [-0.2, 0) is 9.53 Å². The van der Waals surface area contributed by atoms with Crippen molar-refractivity contribution >= 4 is 5.97 Å². The van der Waals surface area contributed by atoms with E-state index in [9.17, 15) is 4.79 Å². The quantitative estimate of drug-likeness (QED) is 0.285. The van der Waals surface area contributed by atoms with Crippen molar-refractivity contribution in [2.75, 3.05) is 6.61 Å². The van der Waals surface area contributed by atoms with E-state index in [0.717, 1.165) is 24.0 Å². The largest absolute Gasteiger partial charge is 0.463 e. The summed E-state index contributed by atoms with van der Waals surface area (Å²) in [4.78, 5) is 11.4. The third-order valence-electron chi connectivity index (χ3n) is 2.95. The molecule has 0 spiro atoms. The number of hydrogen-bond acceptors (Lipinski definition) is 2. The van der Waals surface area contributed by atoms with Gasteiger partial charge in [0.15, 0.2) is 0 Å². The van der Waals surface area contributed by atoms with E-state index in [1.165, 1.54) is 5.57 Å². The van der Waals surface area contributed by atoms with Crippen LogP contribution in [0, 0.1) is 5.92 Å². The number of ether oxygens (including phenoxy) is 1. The van der Waals surface area contributed by atoms with Crippen LogP contribution in [0.4, 0.5) is 0 Å². The number of hydrogen-bond donors (Lipinski definition) is 0. The van der Waals surface area contributed by atoms with Gasteiger partial charge in [-0.25, -0.2) is 4.79 Å². The Morgan fingerprint density at radius 3 is 2.32 bits per heavy atom. The molecule has 0 aromatic heterocycles. The zero-order chi connectivity index (χ0) is 14.8. The molecule has 108 valence electrons. The van der Waals surface area contributed by atoms with Crippen LogP contribution >= 0.6 is 0 Å². The van der Waals surface area contributed by atoms with E-state index in [-0.39, 0.29) is 5.97 Å². The van der Waals surface area contributed by atoms with Crippen LogP contribution in [0.3, 0.4) is 0 Å². The maximum atomic E-state index is 11.4. The fourth-order valence-electron chi connectivity index (χ4n) is 1.75. The Morgan fingerprint density at radius 2 is 1.79 bits per heavy atom. The maximum Gasteiger partial charge on any atom is 0.331 e. The van der Waals surface area contributed by atoms with Gasteiger partial charge in [-0.15, -0.1) is 0 Å². The Labute approximate surface area is 118 Å². The molecule has 0 aromatic carbocycles. The summed E-state index contributed by atoms with van der Waals surface area (Å²) in [6.45, 7) is 12.7. The van der Waals surface area contributed by atoms with Crippen LogP contribution in [0.2, 0.25) is 0 Å².